The summed E-state index contributed by atoms with van der Waals surface area (Å²) in [7, 11) is 0. The van der Waals surface area contributed by atoms with Gasteiger partial charge in [0, 0.05) is 25.8 Å². The van der Waals surface area contributed by atoms with Crippen LogP contribution in [-0.4, -0.2) is 31.2 Å². The molecule has 0 atom stereocenters. The van der Waals surface area contributed by atoms with E-state index in [0.29, 0.717) is 5.82 Å². The van der Waals surface area contributed by atoms with Crippen molar-refractivity contribution in [3.05, 3.63) is 24.1 Å². The highest BCUT2D eigenvalue weighted by Gasteiger charge is 2.13. The van der Waals surface area contributed by atoms with E-state index in [-0.39, 0.29) is 5.82 Å². The lowest BCUT2D eigenvalue weighted by Gasteiger charge is -2.20. The molecule has 1 aromatic heterocycles. The predicted octanol–water partition coefficient (Wildman–Crippen LogP) is 1.02. The zero-order chi connectivity index (χ0) is 9.80. The second-order valence-corrected chi connectivity index (χ2v) is 3.40. The van der Waals surface area contributed by atoms with E-state index < -0.39 is 0 Å². The molecule has 14 heavy (non-hydrogen) atoms. The van der Waals surface area contributed by atoms with Crippen LogP contribution in [0.3, 0.4) is 0 Å². The van der Waals surface area contributed by atoms with Crippen LogP contribution in [0.5, 0.6) is 0 Å². The van der Waals surface area contributed by atoms with Crippen molar-refractivity contribution in [2.24, 2.45) is 0 Å². The second-order valence-electron chi connectivity index (χ2n) is 3.40. The van der Waals surface area contributed by atoms with Crippen LogP contribution in [0.1, 0.15) is 6.42 Å². The van der Waals surface area contributed by atoms with Crippen LogP contribution >= 0.6 is 0 Å². The third kappa shape index (κ3) is 2.01. The Morgan fingerprint density at radius 1 is 1.36 bits per heavy atom. The van der Waals surface area contributed by atoms with E-state index in [0.717, 1.165) is 32.6 Å². The van der Waals surface area contributed by atoms with Crippen molar-refractivity contribution < 1.29 is 4.39 Å². The molecule has 1 aliphatic heterocycles. The highest BCUT2D eigenvalue weighted by molar-refractivity contribution is 5.39. The van der Waals surface area contributed by atoms with Gasteiger partial charge in [0.15, 0.2) is 11.6 Å². The summed E-state index contributed by atoms with van der Waals surface area (Å²) in [6.07, 6.45) is 2.67. The van der Waals surface area contributed by atoms with Gasteiger partial charge in [-0.3, -0.25) is 0 Å². The Hall–Kier alpha value is -1.16. The topological polar surface area (TPSA) is 28.2 Å². The molecule has 0 aliphatic carbocycles. The lowest BCUT2D eigenvalue weighted by molar-refractivity contribution is 0.610. The molecule has 0 spiro atoms. The molecule has 0 aromatic carbocycles. The van der Waals surface area contributed by atoms with Gasteiger partial charge < -0.3 is 10.2 Å². The normalized spacial score (nSPS) is 17.9. The second kappa shape index (κ2) is 4.37. The highest BCUT2D eigenvalue weighted by Crippen LogP contribution is 2.15. The number of nitrogens with one attached hydrogen (secondary N) is 1. The first-order chi connectivity index (χ1) is 6.88. The summed E-state index contributed by atoms with van der Waals surface area (Å²) < 4.78 is 13.4. The average molecular weight is 195 g/mol. The van der Waals surface area contributed by atoms with Crippen LogP contribution in [0.2, 0.25) is 0 Å². The third-order valence-electron chi connectivity index (χ3n) is 2.38. The number of rotatable bonds is 1. The molecule has 1 fully saturated rings. The summed E-state index contributed by atoms with van der Waals surface area (Å²) in [6, 6.07) is 3.08. The standard InChI is InChI=1S/C10H14FN3/c11-9-3-1-5-13-10(9)14-7-2-4-12-6-8-14/h1,3,5,12H,2,4,6-8H2. The van der Waals surface area contributed by atoms with Gasteiger partial charge in [0.1, 0.15) is 0 Å². The number of hydrogen-bond donors (Lipinski definition) is 1. The molecule has 0 saturated carbocycles. The molecule has 76 valence electrons. The van der Waals surface area contributed by atoms with Crippen molar-refractivity contribution >= 4 is 5.82 Å². The number of halogens is 1. The Morgan fingerprint density at radius 2 is 2.29 bits per heavy atom. The molecule has 1 aromatic rings. The Kier molecular flexibility index (Phi) is 2.93. The third-order valence-corrected chi connectivity index (χ3v) is 2.38. The van der Waals surface area contributed by atoms with Gasteiger partial charge in [0.2, 0.25) is 0 Å². The lowest BCUT2D eigenvalue weighted by atomic mass is 10.3. The van der Waals surface area contributed by atoms with Crippen LogP contribution in [-0.2, 0) is 0 Å². The molecule has 0 amide bonds. The number of anilines is 1. The van der Waals surface area contributed by atoms with Crippen LogP contribution in [0.4, 0.5) is 10.2 Å². The number of nitrogens with zero attached hydrogens (tertiary/aromatic N) is 2. The lowest BCUT2D eigenvalue weighted by Crippen LogP contribution is -2.29. The van der Waals surface area contributed by atoms with Crippen molar-refractivity contribution in [3.8, 4) is 0 Å². The first-order valence-electron chi connectivity index (χ1n) is 4.94. The number of aromatic nitrogens is 1. The molecule has 1 N–H and O–H groups in total. The Bertz CT molecular complexity index is 295. The zero-order valence-electron chi connectivity index (χ0n) is 8.04. The Balaban J connectivity index is 2.16. The summed E-state index contributed by atoms with van der Waals surface area (Å²) in [6.45, 7) is 3.61. The van der Waals surface area contributed by atoms with Gasteiger partial charge in [-0.15, -0.1) is 0 Å². The van der Waals surface area contributed by atoms with E-state index in [1.165, 1.54) is 6.07 Å². The van der Waals surface area contributed by atoms with Crippen molar-refractivity contribution in [1.82, 2.24) is 10.3 Å². The van der Waals surface area contributed by atoms with Gasteiger partial charge in [-0.05, 0) is 25.1 Å². The molecule has 0 unspecified atom stereocenters. The first-order valence-corrected chi connectivity index (χ1v) is 4.94. The molecule has 0 radical (unpaired) electrons. The maximum absolute atomic E-state index is 13.4. The quantitative estimate of drug-likeness (QED) is 0.725. The van der Waals surface area contributed by atoms with Crippen LogP contribution in [0.25, 0.3) is 0 Å². The molecule has 1 aliphatic rings. The fourth-order valence-corrected chi connectivity index (χ4v) is 1.67. The SMILES string of the molecule is Fc1cccnc1N1CCCNCC1. The smallest absolute Gasteiger partial charge is 0.165 e. The van der Waals surface area contributed by atoms with Crippen molar-refractivity contribution in [1.29, 1.82) is 0 Å². The van der Waals surface area contributed by atoms with Crippen LogP contribution < -0.4 is 10.2 Å². The molecular weight excluding hydrogens is 181 g/mol. The van der Waals surface area contributed by atoms with Gasteiger partial charge in [-0.1, -0.05) is 0 Å². The van der Waals surface area contributed by atoms with Gasteiger partial charge in [0.25, 0.3) is 0 Å². The molecule has 4 heteroatoms. The van der Waals surface area contributed by atoms with Gasteiger partial charge in [-0.2, -0.15) is 0 Å². The summed E-state index contributed by atoms with van der Waals surface area (Å²) in [5.41, 5.74) is 0. The molecule has 3 nitrogen and oxygen atoms in total. The Labute approximate surface area is 82.9 Å². The van der Waals surface area contributed by atoms with E-state index in [1.807, 2.05) is 4.90 Å². The van der Waals surface area contributed by atoms with Crippen LogP contribution in [0, 0.1) is 5.82 Å². The summed E-state index contributed by atoms with van der Waals surface area (Å²) in [4.78, 5) is 6.06. The highest BCUT2D eigenvalue weighted by atomic mass is 19.1. The summed E-state index contributed by atoms with van der Waals surface area (Å²) in [5.74, 6) is 0.255. The van der Waals surface area contributed by atoms with E-state index in [9.17, 15) is 4.39 Å². The molecule has 2 heterocycles. The van der Waals surface area contributed by atoms with Gasteiger partial charge >= 0.3 is 0 Å². The molecule has 0 bridgehead atoms. The van der Waals surface area contributed by atoms with Gasteiger partial charge in [-0.25, -0.2) is 9.37 Å². The molecule has 2 rings (SSSR count). The first kappa shape index (κ1) is 9.40. The minimum Gasteiger partial charge on any atom is -0.353 e. The van der Waals surface area contributed by atoms with E-state index >= 15 is 0 Å². The predicted molar refractivity (Wildman–Crippen MR) is 53.9 cm³/mol. The zero-order valence-corrected chi connectivity index (χ0v) is 8.04. The largest absolute Gasteiger partial charge is 0.353 e. The average Bonchev–Trinajstić information content (AvgIpc) is 2.47. The molecule has 1 saturated heterocycles. The number of hydrogen-bond acceptors (Lipinski definition) is 3. The van der Waals surface area contributed by atoms with Crippen molar-refractivity contribution in [2.45, 2.75) is 6.42 Å². The number of pyridine rings is 1. The summed E-state index contributed by atoms with van der Waals surface area (Å²) >= 11 is 0. The van der Waals surface area contributed by atoms with E-state index in [4.69, 9.17) is 0 Å². The van der Waals surface area contributed by atoms with Crippen molar-refractivity contribution in [2.75, 3.05) is 31.1 Å². The fourth-order valence-electron chi connectivity index (χ4n) is 1.67. The minimum atomic E-state index is -0.227. The monoisotopic (exact) mass is 195 g/mol. The molecular formula is C10H14FN3. The minimum absolute atomic E-state index is 0.227. The maximum Gasteiger partial charge on any atom is 0.165 e. The van der Waals surface area contributed by atoms with E-state index in [1.54, 1.807) is 12.3 Å². The van der Waals surface area contributed by atoms with Crippen LogP contribution in [0.15, 0.2) is 18.3 Å². The Morgan fingerprint density at radius 3 is 3.14 bits per heavy atom. The maximum atomic E-state index is 13.4. The van der Waals surface area contributed by atoms with Gasteiger partial charge in [0.05, 0.1) is 0 Å². The fraction of sp³-hybridized carbons (Fsp3) is 0.500. The van der Waals surface area contributed by atoms with Crippen molar-refractivity contribution in [3.63, 3.8) is 0 Å². The summed E-state index contributed by atoms with van der Waals surface area (Å²) in [5, 5.41) is 3.27. The van der Waals surface area contributed by atoms with E-state index in [2.05, 4.69) is 10.3 Å².